The number of nitrogens with one attached hydrogen (secondary N) is 1. The third-order valence-electron chi connectivity index (χ3n) is 3.10. The maximum absolute atomic E-state index is 14.1. The summed E-state index contributed by atoms with van der Waals surface area (Å²) in [6, 6.07) is 2.78. The van der Waals surface area contributed by atoms with Crippen LogP contribution in [0.5, 0.6) is 0 Å². The van der Waals surface area contributed by atoms with Gasteiger partial charge in [-0.3, -0.25) is 4.79 Å². The first kappa shape index (κ1) is 13.5. The number of nitrogens with zero attached hydrogens (tertiary/aromatic N) is 1. The molecule has 0 bridgehead atoms. The highest BCUT2D eigenvalue weighted by Gasteiger charge is 2.30. The van der Waals surface area contributed by atoms with Crippen molar-refractivity contribution in [3.8, 4) is 0 Å². The molecule has 1 atom stereocenters. The topological polar surface area (TPSA) is 52.6 Å². The SMILES string of the molecule is C=C(C)CN(CC)c1cc2c(cc1F)C(O)C(=O)N2. The molecule has 0 saturated carbocycles. The van der Waals surface area contributed by atoms with Crippen molar-refractivity contribution in [1.29, 1.82) is 0 Å². The lowest BCUT2D eigenvalue weighted by Crippen LogP contribution is -2.25. The Morgan fingerprint density at radius 2 is 2.26 bits per heavy atom. The quantitative estimate of drug-likeness (QED) is 0.820. The van der Waals surface area contributed by atoms with Gasteiger partial charge in [-0.1, -0.05) is 12.2 Å². The molecule has 1 amide bonds. The Bertz CT molecular complexity index is 542. The van der Waals surface area contributed by atoms with Crippen molar-refractivity contribution in [1.82, 2.24) is 0 Å². The molecule has 1 heterocycles. The van der Waals surface area contributed by atoms with Crippen molar-refractivity contribution in [3.05, 3.63) is 35.7 Å². The number of fused-ring (bicyclic) bond motifs is 1. The van der Waals surface area contributed by atoms with Crippen molar-refractivity contribution >= 4 is 17.3 Å². The molecule has 2 rings (SSSR count). The van der Waals surface area contributed by atoms with Gasteiger partial charge < -0.3 is 15.3 Å². The monoisotopic (exact) mass is 264 g/mol. The molecule has 19 heavy (non-hydrogen) atoms. The number of rotatable bonds is 4. The number of carbonyl (C=O) groups excluding carboxylic acids is 1. The minimum absolute atomic E-state index is 0.289. The maximum Gasteiger partial charge on any atom is 0.257 e. The Morgan fingerprint density at radius 1 is 1.58 bits per heavy atom. The summed E-state index contributed by atoms with van der Waals surface area (Å²) in [7, 11) is 0. The van der Waals surface area contributed by atoms with E-state index in [1.165, 1.54) is 6.07 Å². The zero-order valence-corrected chi connectivity index (χ0v) is 11.0. The van der Waals surface area contributed by atoms with E-state index in [0.717, 1.165) is 5.57 Å². The van der Waals surface area contributed by atoms with E-state index < -0.39 is 17.8 Å². The fourth-order valence-electron chi connectivity index (χ4n) is 2.19. The van der Waals surface area contributed by atoms with E-state index in [9.17, 15) is 14.3 Å². The minimum atomic E-state index is -1.28. The Morgan fingerprint density at radius 3 is 2.84 bits per heavy atom. The van der Waals surface area contributed by atoms with Crippen LogP contribution in [0.2, 0.25) is 0 Å². The molecule has 4 nitrogen and oxygen atoms in total. The zero-order chi connectivity index (χ0) is 14.2. The van der Waals surface area contributed by atoms with Crippen LogP contribution in [0, 0.1) is 5.82 Å². The number of hydrogen-bond donors (Lipinski definition) is 2. The molecule has 1 aromatic rings. The molecule has 0 saturated heterocycles. The standard InChI is InChI=1S/C14H17FN2O2/c1-4-17(7-8(2)3)12-6-11-9(5-10(12)15)13(18)14(19)16-11/h5-6,13,18H,2,4,7H2,1,3H3,(H,16,19). The summed E-state index contributed by atoms with van der Waals surface area (Å²) in [6.45, 7) is 8.78. The largest absolute Gasteiger partial charge is 0.378 e. The highest BCUT2D eigenvalue weighted by atomic mass is 19.1. The average Bonchev–Trinajstić information content (AvgIpc) is 2.62. The number of carbonyl (C=O) groups is 1. The Labute approximate surface area is 111 Å². The number of anilines is 2. The highest BCUT2D eigenvalue weighted by molar-refractivity contribution is 6.02. The molecule has 0 aromatic heterocycles. The number of hydrogen-bond acceptors (Lipinski definition) is 3. The van der Waals surface area contributed by atoms with Crippen LogP contribution in [0.1, 0.15) is 25.5 Å². The Balaban J connectivity index is 2.41. The smallest absolute Gasteiger partial charge is 0.257 e. The fraction of sp³-hybridized carbons (Fsp3) is 0.357. The molecular weight excluding hydrogens is 247 g/mol. The van der Waals surface area contributed by atoms with Gasteiger partial charge in [0.25, 0.3) is 5.91 Å². The third kappa shape index (κ3) is 2.46. The van der Waals surface area contributed by atoms with Crippen LogP contribution >= 0.6 is 0 Å². The molecule has 0 fully saturated rings. The number of likely N-dealkylation sites (N-methyl/N-ethyl adjacent to an activating group) is 1. The Hall–Kier alpha value is -1.88. The van der Waals surface area contributed by atoms with Gasteiger partial charge in [0.1, 0.15) is 5.82 Å². The lowest BCUT2D eigenvalue weighted by molar-refractivity contribution is -0.123. The molecule has 0 spiro atoms. The normalized spacial score (nSPS) is 17.1. The predicted molar refractivity (Wildman–Crippen MR) is 72.7 cm³/mol. The van der Waals surface area contributed by atoms with Crippen LogP contribution in [-0.2, 0) is 4.79 Å². The van der Waals surface area contributed by atoms with Crippen molar-refractivity contribution < 1.29 is 14.3 Å². The predicted octanol–water partition coefficient (Wildman–Crippen LogP) is 2.21. The first-order chi connectivity index (χ1) is 8.93. The van der Waals surface area contributed by atoms with Crippen molar-refractivity contribution in [2.24, 2.45) is 0 Å². The second kappa shape index (κ2) is 5.01. The molecule has 2 N–H and O–H groups in total. The van der Waals surface area contributed by atoms with Crippen molar-refractivity contribution in [2.45, 2.75) is 20.0 Å². The van der Waals surface area contributed by atoms with E-state index in [1.54, 1.807) is 6.07 Å². The van der Waals surface area contributed by atoms with Crippen LogP contribution in [0.3, 0.4) is 0 Å². The molecule has 1 aliphatic rings. The molecular formula is C14H17FN2O2. The van der Waals surface area contributed by atoms with Gasteiger partial charge in [0.05, 0.1) is 5.69 Å². The van der Waals surface area contributed by atoms with Crippen LogP contribution < -0.4 is 10.2 Å². The summed E-state index contributed by atoms with van der Waals surface area (Å²) >= 11 is 0. The van der Waals surface area contributed by atoms with Crippen LogP contribution in [0.4, 0.5) is 15.8 Å². The summed E-state index contributed by atoms with van der Waals surface area (Å²) in [6.07, 6.45) is -1.28. The number of amides is 1. The fourth-order valence-corrected chi connectivity index (χ4v) is 2.19. The van der Waals surface area contributed by atoms with Gasteiger partial charge in [-0.15, -0.1) is 0 Å². The summed E-state index contributed by atoms with van der Waals surface area (Å²) in [5.41, 5.74) is 2.08. The number of halogens is 1. The zero-order valence-electron chi connectivity index (χ0n) is 11.0. The molecule has 1 aromatic carbocycles. The van der Waals surface area contributed by atoms with Crippen LogP contribution in [0.15, 0.2) is 24.3 Å². The first-order valence-corrected chi connectivity index (χ1v) is 6.15. The van der Waals surface area contributed by atoms with Gasteiger partial charge in [0.15, 0.2) is 6.10 Å². The molecule has 102 valence electrons. The van der Waals surface area contributed by atoms with Crippen molar-refractivity contribution in [2.75, 3.05) is 23.3 Å². The Kier molecular flexibility index (Phi) is 3.57. The highest BCUT2D eigenvalue weighted by Crippen LogP contribution is 2.36. The van der Waals surface area contributed by atoms with E-state index in [0.29, 0.717) is 24.5 Å². The van der Waals surface area contributed by atoms with E-state index in [4.69, 9.17) is 0 Å². The van der Waals surface area contributed by atoms with Gasteiger partial charge in [0.2, 0.25) is 0 Å². The first-order valence-electron chi connectivity index (χ1n) is 6.15. The third-order valence-corrected chi connectivity index (χ3v) is 3.10. The summed E-state index contributed by atoms with van der Waals surface area (Å²) in [5, 5.41) is 12.1. The summed E-state index contributed by atoms with van der Waals surface area (Å²) in [4.78, 5) is 13.2. The van der Waals surface area contributed by atoms with Crippen molar-refractivity contribution in [3.63, 3.8) is 0 Å². The van der Waals surface area contributed by atoms with E-state index in [2.05, 4.69) is 11.9 Å². The van der Waals surface area contributed by atoms with Gasteiger partial charge in [-0.2, -0.15) is 0 Å². The second-order valence-corrected chi connectivity index (χ2v) is 4.75. The van der Waals surface area contributed by atoms with E-state index >= 15 is 0 Å². The van der Waals surface area contributed by atoms with Crippen LogP contribution in [0.25, 0.3) is 0 Å². The summed E-state index contributed by atoms with van der Waals surface area (Å²) < 4.78 is 14.1. The van der Waals surface area contributed by atoms with E-state index in [-0.39, 0.29) is 5.56 Å². The van der Waals surface area contributed by atoms with Gasteiger partial charge in [-0.05, 0) is 26.0 Å². The minimum Gasteiger partial charge on any atom is -0.378 e. The molecule has 0 radical (unpaired) electrons. The lowest BCUT2D eigenvalue weighted by atomic mass is 10.1. The number of aliphatic hydroxyl groups is 1. The lowest BCUT2D eigenvalue weighted by Gasteiger charge is -2.24. The number of benzene rings is 1. The van der Waals surface area contributed by atoms with Crippen LogP contribution in [-0.4, -0.2) is 24.1 Å². The molecule has 1 unspecified atom stereocenters. The average molecular weight is 264 g/mol. The molecule has 5 heteroatoms. The maximum atomic E-state index is 14.1. The second-order valence-electron chi connectivity index (χ2n) is 4.75. The molecule has 1 aliphatic heterocycles. The summed E-state index contributed by atoms with van der Waals surface area (Å²) in [5.74, 6) is -0.966. The van der Waals surface area contributed by atoms with Gasteiger partial charge >= 0.3 is 0 Å². The number of aliphatic hydroxyl groups excluding tert-OH is 1. The van der Waals surface area contributed by atoms with Gasteiger partial charge in [0, 0.05) is 24.3 Å². The van der Waals surface area contributed by atoms with E-state index in [1.807, 2.05) is 18.7 Å². The van der Waals surface area contributed by atoms with Gasteiger partial charge in [-0.25, -0.2) is 4.39 Å². The molecule has 0 aliphatic carbocycles.